The van der Waals surface area contributed by atoms with E-state index in [-0.39, 0.29) is 12.1 Å². The van der Waals surface area contributed by atoms with Gasteiger partial charge in [0.25, 0.3) is 0 Å². The smallest absolute Gasteiger partial charge is 0.119 e. The molecule has 1 rings (SSSR count). The minimum Gasteiger partial charge on any atom is -0.497 e. The molecule has 0 aliphatic carbocycles. The van der Waals surface area contributed by atoms with Gasteiger partial charge in [0.1, 0.15) is 5.75 Å². The molecule has 0 aliphatic heterocycles. The van der Waals surface area contributed by atoms with Crippen LogP contribution in [0.1, 0.15) is 51.6 Å². The first kappa shape index (κ1) is 17.0. The first-order valence-electron chi connectivity index (χ1n) is 7.70. The van der Waals surface area contributed by atoms with Crippen LogP contribution in [0.15, 0.2) is 24.3 Å². The third-order valence-electron chi connectivity index (χ3n) is 4.27. The molecule has 3 nitrogen and oxygen atoms in total. The second kappa shape index (κ2) is 8.28. The van der Waals surface area contributed by atoms with Gasteiger partial charge < -0.3 is 10.5 Å². The molecule has 2 unspecified atom stereocenters. The number of likely N-dealkylation sites (N-methyl/N-ethyl adjacent to an activating group) is 1. The fraction of sp³-hybridized carbons (Fsp3) is 0.647. The molecule has 0 fully saturated rings. The average Bonchev–Trinajstić information content (AvgIpc) is 2.48. The summed E-state index contributed by atoms with van der Waals surface area (Å²) in [5.74, 6) is 0.897. The molecule has 0 saturated carbocycles. The molecule has 20 heavy (non-hydrogen) atoms. The lowest BCUT2D eigenvalue weighted by Crippen LogP contribution is -2.43. The molecule has 0 amide bonds. The zero-order valence-corrected chi connectivity index (χ0v) is 13.6. The molecule has 114 valence electrons. The third-order valence-corrected chi connectivity index (χ3v) is 4.27. The Bertz CT molecular complexity index is 390. The molecule has 0 bridgehead atoms. The molecule has 2 atom stereocenters. The number of nitrogens with zero attached hydrogens (tertiary/aromatic N) is 1. The van der Waals surface area contributed by atoms with Crippen molar-refractivity contribution in [3.8, 4) is 5.75 Å². The summed E-state index contributed by atoms with van der Waals surface area (Å²) < 4.78 is 5.35. The molecule has 0 aliphatic rings. The van der Waals surface area contributed by atoms with Crippen molar-refractivity contribution in [3.63, 3.8) is 0 Å². The fourth-order valence-corrected chi connectivity index (χ4v) is 2.92. The van der Waals surface area contributed by atoms with E-state index in [1.165, 1.54) is 5.56 Å². The molecule has 0 spiro atoms. The highest BCUT2D eigenvalue weighted by molar-refractivity contribution is 5.31. The molecule has 0 radical (unpaired) electrons. The quantitative estimate of drug-likeness (QED) is 0.789. The van der Waals surface area contributed by atoms with Crippen molar-refractivity contribution in [3.05, 3.63) is 29.8 Å². The summed E-state index contributed by atoms with van der Waals surface area (Å²) >= 11 is 0. The summed E-state index contributed by atoms with van der Waals surface area (Å²) in [6.45, 7) is 6.63. The zero-order valence-electron chi connectivity index (χ0n) is 13.6. The maximum Gasteiger partial charge on any atom is 0.119 e. The predicted octanol–water partition coefficient (Wildman–Crippen LogP) is 3.59. The van der Waals surface area contributed by atoms with E-state index in [1.54, 1.807) is 7.11 Å². The van der Waals surface area contributed by atoms with Crippen LogP contribution < -0.4 is 10.5 Å². The summed E-state index contributed by atoms with van der Waals surface area (Å²) in [5, 5.41) is 0. The number of nitrogens with two attached hydrogens (primary N) is 1. The minimum absolute atomic E-state index is 0.132. The van der Waals surface area contributed by atoms with E-state index in [2.05, 4.69) is 44.9 Å². The monoisotopic (exact) mass is 278 g/mol. The van der Waals surface area contributed by atoms with Gasteiger partial charge in [-0.1, -0.05) is 32.9 Å². The zero-order chi connectivity index (χ0) is 15.1. The highest BCUT2D eigenvalue weighted by Crippen LogP contribution is 2.29. The Morgan fingerprint density at radius 1 is 1.15 bits per heavy atom. The van der Waals surface area contributed by atoms with Gasteiger partial charge in [-0.3, -0.25) is 4.90 Å². The van der Waals surface area contributed by atoms with Crippen LogP contribution >= 0.6 is 0 Å². The molecule has 1 aromatic carbocycles. The van der Waals surface area contributed by atoms with Crippen molar-refractivity contribution in [2.45, 2.75) is 58.2 Å². The lowest BCUT2D eigenvalue weighted by atomic mass is 9.94. The van der Waals surface area contributed by atoms with Gasteiger partial charge in [-0.05, 0) is 44.0 Å². The number of methoxy groups -OCH3 is 1. The molecule has 0 saturated heterocycles. The maximum absolute atomic E-state index is 6.41. The molecule has 3 heteroatoms. The van der Waals surface area contributed by atoms with E-state index in [9.17, 15) is 0 Å². The third kappa shape index (κ3) is 3.97. The van der Waals surface area contributed by atoms with Crippen LogP contribution in [-0.4, -0.2) is 31.1 Å². The Kier molecular flexibility index (Phi) is 7.03. The standard InChI is InChI=1S/C17H30N2O/c1-6-14(7-2)19(4)17(16(18)8-3)13-10-9-11-15(12-13)20-5/h9-12,14,16-17H,6-8,18H2,1-5H3. The second-order valence-corrected chi connectivity index (χ2v) is 5.43. The number of benzene rings is 1. The van der Waals surface area contributed by atoms with E-state index >= 15 is 0 Å². The Hall–Kier alpha value is -1.06. The van der Waals surface area contributed by atoms with Gasteiger partial charge in [0.15, 0.2) is 0 Å². The van der Waals surface area contributed by atoms with E-state index in [0.717, 1.165) is 25.0 Å². The Balaban J connectivity index is 3.10. The highest BCUT2D eigenvalue weighted by Gasteiger charge is 2.27. The van der Waals surface area contributed by atoms with Crippen molar-refractivity contribution in [1.82, 2.24) is 4.90 Å². The van der Waals surface area contributed by atoms with Crippen molar-refractivity contribution in [2.75, 3.05) is 14.2 Å². The van der Waals surface area contributed by atoms with Crippen LogP contribution in [0.2, 0.25) is 0 Å². The van der Waals surface area contributed by atoms with Crippen LogP contribution in [0, 0.1) is 0 Å². The number of ether oxygens (including phenoxy) is 1. The van der Waals surface area contributed by atoms with Crippen molar-refractivity contribution >= 4 is 0 Å². The van der Waals surface area contributed by atoms with Crippen LogP contribution in [0.4, 0.5) is 0 Å². The van der Waals surface area contributed by atoms with Crippen LogP contribution in [0.5, 0.6) is 5.75 Å². The number of rotatable bonds is 8. The lowest BCUT2D eigenvalue weighted by Gasteiger charge is -2.38. The first-order valence-corrected chi connectivity index (χ1v) is 7.70. The van der Waals surface area contributed by atoms with Gasteiger partial charge in [-0.25, -0.2) is 0 Å². The van der Waals surface area contributed by atoms with Gasteiger partial charge in [0.2, 0.25) is 0 Å². The van der Waals surface area contributed by atoms with E-state index in [0.29, 0.717) is 6.04 Å². The summed E-state index contributed by atoms with van der Waals surface area (Å²) in [4.78, 5) is 2.43. The second-order valence-electron chi connectivity index (χ2n) is 5.43. The van der Waals surface area contributed by atoms with Crippen molar-refractivity contribution in [1.29, 1.82) is 0 Å². The summed E-state index contributed by atoms with van der Waals surface area (Å²) in [7, 11) is 3.90. The molecule has 0 heterocycles. The van der Waals surface area contributed by atoms with Crippen LogP contribution in [-0.2, 0) is 0 Å². The average molecular weight is 278 g/mol. The Morgan fingerprint density at radius 2 is 1.80 bits per heavy atom. The number of hydrogen-bond donors (Lipinski definition) is 1. The molecule has 0 aromatic heterocycles. The summed E-state index contributed by atoms with van der Waals surface area (Å²) in [5.41, 5.74) is 7.65. The van der Waals surface area contributed by atoms with Gasteiger partial charge >= 0.3 is 0 Å². The van der Waals surface area contributed by atoms with Gasteiger partial charge in [0, 0.05) is 18.1 Å². The largest absolute Gasteiger partial charge is 0.497 e. The van der Waals surface area contributed by atoms with Gasteiger partial charge in [0.05, 0.1) is 7.11 Å². The summed E-state index contributed by atoms with van der Waals surface area (Å²) in [6, 6.07) is 9.22. The van der Waals surface area contributed by atoms with Crippen molar-refractivity contribution in [2.24, 2.45) is 5.73 Å². The SMILES string of the molecule is CCC(N)C(c1cccc(OC)c1)N(C)C(CC)CC. The van der Waals surface area contributed by atoms with Crippen molar-refractivity contribution < 1.29 is 4.74 Å². The van der Waals surface area contributed by atoms with Gasteiger partial charge in [-0.2, -0.15) is 0 Å². The maximum atomic E-state index is 6.41. The van der Waals surface area contributed by atoms with E-state index in [4.69, 9.17) is 10.5 Å². The minimum atomic E-state index is 0.132. The fourth-order valence-electron chi connectivity index (χ4n) is 2.92. The number of hydrogen-bond acceptors (Lipinski definition) is 3. The molecule has 1 aromatic rings. The molecule has 2 N–H and O–H groups in total. The molecular formula is C17H30N2O. The van der Waals surface area contributed by atoms with E-state index in [1.807, 2.05) is 12.1 Å². The van der Waals surface area contributed by atoms with E-state index < -0.39 is 0 Å². The predicted molar refractivity (Wildman–Crippen MR) is 86.1 cm³/mol. The lowest BCUT2D eigenvalue weighted by molar-refractivity contribution is 0.140. The Labute approximate surface area is 124 Å². The first-order chi connectivity index (χ1) is 9.58. The van der Waals surface area contributed by atoms with Crippen LogP contribution in [0.25, 0.3) is 0 Å². The van der Waals surface area contributed by atoms with Crippen LogP contribution in [0.3, 0.4) is 0 Å². The van der Waals surface area contributed by atoms with Gasteiger partial charge in [-0.15, -0.1) is 0 Å². The molecular weight excluding hydrogens is 248 g/mol. The topological polar surface area (TPSA) is 38.5 Å². The Morgan fingerprint density at radius 3 is 2.30 bits per heavy atom. The normalized spacial score (nSPS) is 14.6. The summed E-state index contributed by atoms with van der Waals surface area (Å²) in [6.07, 6.45) is 3.25. The highest BCUT2D eigenvalue weighted by atomic mass is 16.5.